The van der Waals surface area contributed by atoms with Crippen molar-refractivity contribution < 1.29 is 18.7 Å². The van der Waals surface area contributed by atoms with Crippen molar-refractivity contribution >= 4 is 23.5 Å². The monoisotopic (exact) mass is 244 g/mol. The van der Waals surface area contributed by atoms with E-state index in [1.54, 1.807) is 6.92 Å². The topological polar surface area (TPSA) is 43.4 Å². The van der Waals surface area contributed by atoms with E-state index in [0.717, 1.165) is 0 Å². The van der Waals surface area contributed by atoms with Gasteiger partial charge in [-0.05, 0) is 18.6 Å². The SMILES string of the molecule is CCCC(=O)OC(=O)c1cccc(Cl)c1F. The molecule has 0 radical (unpaired) electrons. The summed E-state index contributed by atoms with van der Waals surface area (Å²) in [4.78, 5) is 22.4. The van der Waals surface area contributed by atoms with Gasteiger partial charge in [0.1, 0.15) is 0 Å². The predicted octanol–water partition coefficient (Wildman–Crippen LogP) is 2.96. The molecule has 1 rings (SSSR count). The van der Waals surface area contributed by atoms with Crippen LogP contribution in [0.1, 0.15) is 30.1 Å². The first-order valence-corrected chi connectivity index (χ1v) is 5.13. The van der Waals surface area contributed by atoms with E-state index in [2.05, 4.69) is 4.74 Å². The molecule has 0 unspecified atom stereocenters. The van der Waals surface area contributed by atoms with Gasteiger partial charge < -0.3 is 4.74 Å². The summed E-state index contributed by atoms with van der Waals surface area (Å²) in [6, 6.07) is 3.93. The highest BCUT2D eigenvalue weighted by molar-refractivity contribution is 6.31. The van der Waals surface area contributed by atoms with Crippen LogP contribution < -0.4 is 0 Å². The molecule has 0 N–H and O–H groups in total. The zero-order chi connectivity index (χ0) is 12.1. The van der Waals surface area contributed by atoms with Gasteiger partial charge in [0, 0.05) is 6.42 Å². The van der Waals surface area contributed by atoms with Crippen LogP contribution in [-0.4, -0.2) is 11.9 Å². The van der Waals surface area contributed by atoms with Crippen molar-refractivity contribution in [2.45, 2.75) is 19.8 Å². The Kier molecular flexibility index (Phi) is 4.43. The summed E-state index contributed by atoms with van der Waals surface area (Å²) in [5, 5.41) is -0.183. The lowest BCUT2D eigenvalue weighted by Gasteiger charge is -2.03. The molecule has 0 aliphatic heterocycles. The van der Waals surface area contributed by atoms with Crippen LogP contribution in [0.4, 0.5) is 4.39 Å². The number of benzene rings is 1. The summed E-state index contributed by atoms with van der Waals surface area (Å²) in [5.41, 5.74) is -0.336. The van der Waals surface area contributed by atoms with Crippen LogP contribution in [0.2, 0.25) is 5.02 Å². The molecule has 0 fully saturated rings. The number of ether oxygens (including phenoxy) is 1. The van der Waals surface area contributed by atoms with Gasteiger partial charge in [-0.15, -0.1) is 0 Å². The zero-order valence-corrected chi connectivity index (χ0v) is 9.38. The minimum Gasteiger partial charge on any atom is -0.389 e. The molecule has 86 valence electrons. The third-order valence-electron chi connectivity index (χ3n) is 1.83. The first kappa shape index (κ1) is 12.6. The maximum Gasteiger partial charge on any atom is 0.348 e. The van der Waals surface area contributed by atoms with Gasteiger partial charge >= 0.3 is 11.9 Å². The van der Waals surface area contributed by atoms with Crippen molar-refractivity contribution in [1.82, 2.24) is 0 Å². The fourth-order valence-corrected chi connectivity index (χ4v) is 1.25. The summed E-state index contributed by atoms with van der Waals surface area (Å²) in [6.07, 6.45) is 0.679. The molecular weight excluding hydrogens is 235 g/mol. The highest BCUT2D eigenvalue weighted by Crippen LogP contribution is 2.18. The van der Waals surface area contributed by atoms with Crippen LogP contribution in [0.3, 0.4) is 0 Å². The fourth-order valence-electron chi connectivity index (χ4n) is 1.07. The molecule has 0 amide bonds. The Labute approximate surface area is 97.2 Å². The molecule has 0 heterocycles. The standard InChI is InChI=1S/C11H10ClFO3/c1-2-4-9(14)16-11(15)7-5-3-6-8(12)10(7)13/h3,5-6H,2,4H2,1H3. The highest BCUT2D eigenvalue weighted by Gasteiger charge is 2.18. The van der Waals surface area contributed by atoms with Crippen LogP contribution in [0.5, 0.6) is 0 Å². The van der Waals surface area contributed by atoms with E-state index >= 15 is 0 Å². The van der Waals surface area contributed by atoms with Crippen molar-refractivity contribution in [3.63, 3.8) is 0 Å². The first-order valence-electron chi connectivity index (χ1n) is 4.75. The Morgan fingerprint density at radius 2 is 2.12 bits per heavy atom. The molecule has 3 nitrogen and oxygen atoms in total. The Morgan fingerprint density at radius 3 is 2.75 bits per heavy atom. The Balaban J connectivity index is 2.81. The molecule has 0 bridgehead atoms. The van der Waals surface area contributed by atoms with E-state index in [1.807, 2.05) is 0 Å². The third-order valence-corrected chi connectivity index (χ3v) is 2.12. The molecule has 0 spiro atoms. The van der Waals surface area contributed by atoms with Gasteiger partial charge in [-0.3, -0.25) is 4.79 Å². The van der Waals surface area contributed by atoms with E-state index in [-0.39, 0.29) is 17.0 Å². The van der Waals surface area contributed by atoms with Crippen molar-refractivity contribution in [1.29, 1.82) is 0 Å². The second-order valence-corrected chi connectivity index (χ2v) is 3.52. The van der Waals surface area contributed by atoms with E-state index in [9.17, 15) is 14.0 Å². The molecule has 0 saturated carbocycles. The summed E-state index contributed by atoms with van der Waals surface area (Å²) < 4.78 is 17.8. The molecule has 0 aliphatic rings. The van der Waals surface area contributed by atoms with Crippen molar-refractivity contribution in [2.75, 3.05) is 0 Å². The molecular formula is C11H10ClFO3. The Bertz CT molecular complexity index is 418. The minimum absolute atomic E-state index is 0.119. The van der Waals surface area contributed by atoms with Crippen LogP contribution in [0, 0.1) is 5.82 Å². The summed E-state index contributed by atoms with van der Waals surface area (Å²) in [7, 11) is 0. The number of rotatable bonds is 3. The summed E-state index contributed by atoms with van der Waals surface area (Å²) in [5.74, 6) is -2.57. The van der Waals surface area contributed by atoms with E-state index in [1.165, 1.54) is 18.2 Å². The lowest BCUT2D eigenvalue weighted by molar-refractivity contribution is -0.138. The number of esters is 2. The van der Waals surface area contributed by atoms with Gasteiger partial charge in [0.2, 0.25) is 0 Å². The summed E-state index contributed by atoms with van der Waals surface area (Å²) in [6.45, 7) is 1.77. The maximum atomic E-state index is 13.3. The maximum absolute atomic E-state index is 13.3. The van der Waals surface area contributed by atoms with E-state index < -0.39 is 17.8 Å². The van der Waals surface area contributed by atoms with Gasteiger partial charge in [-0.25, -0.2) is 9.18 Å². The molecule has 16 heavy (non-hydrogen) atoms. The quantitative estimate of drug-likeness (QED) is 0.606. The number of carbonyl (C=O) groups is 2. The number of halogens is 2. The third kappa shape index (κ3) is 3.03. The van der Waals surface area contributed by atoms with Crippen LogP contribution in [0.15, 0.2) is 18.2 Å². The Morgan fingerprint density at radius 1 is 1.44 bits per heavy atom. The molecule has 5 heteroatoms. The molecule has 0 saturated heterocycles. The fraction of sp³-hybridized carbons (Fsp3) is 0.273. The van der Waals surface area contributed by atoms with E-state index in [4.69, 9.17) is 11.6 Å². The lowest BCUT2D eigenvalue weighted by Crippen LogP contribution is -2.13. The number of carbonyl (C=O) groups excluding carboxylic acids is 2. The minimum atomic E-state index is -1.02. The van der Waals surface area contributed by atoms with Crippen LogP contribution in [0.25, 0.3) is 0 Å². The number of hydrogen-bond donors (Lipinski definition) is 0. The van der Waals surface area contributed by atoms with Crippen LogP contribution in [-0.2, 0) is 9.53 Å². The average Bonchev–Trinajstić information content (AvgIpc) is 2.22. The van der Waals surface area contributed by atoms with Crippen molar-refractivity contribution in [3.8, 4) is 0 Å². The van der Waals surface area contributed by atoms with Crippen LogP contribution >= 0.6 is 11.6 Å². The normalized spacial score (nSPS) is 9.94. The molecule has 0 aromatic heterocycles. The van der Waals surface area contributed by atoms with Gasteiger partial charge in [-0.2, -0.15) is 0 Å². The summed E-state index contributed by atoms with van der Waals surface area (Å²) >= 11 is 5.49. The average molecular weight is 245 g/mol. The van der Waals surface area contributed by atoms with Crippen molar-refractivity contribution in [2.24, 2.45) is 0 Å². The largest absolute Gasteiger partial charge is 0.389 e. The smallest absolute Gasteiger partial charge is 0.348 e. The molecule has 0 atom stereocenters. The highest BCUT2D eigenvalue weighted by atomic mass is 35.5. The second-order valence-electron chi connectivity index (χ2n) is 3.11. The van der Waals surface area contributed by atoms with Gasteiger partial charge in [0.25, 0.3) is 0 Å². The van der Waals surface area contributed by atoms with E-state index in [0.29, 0.717) is 6.42 Å². The number of hydrogen-bond acceptors (Lipinski definition) is 3. The lowest BCUT2D eigenvalue weighted by atomic mass is 10.2. The first-order chi connectivity index (χ1) is 7.56. The zero-order valence-electron chi connectivity index (χ0n) is 8.63. The Hall–Kier alpha value is -1.42. The van der Waals surface area contributed by atoms with Crippen molar-refractivity contribution in [3.05, 3.63) is 34.6 Å². The van der Waals surface area contributed by atoms with Gasteiger partial charge in [0.15, 0.2) is 5.82 Å². The molecule has 1 aromatic rings. The van der Waals surface area contributed by atoms with Gasteiger partial charge in [0.05, 0.1) is 10.6 Å². The molecule has 0 aliphatic carbocycles. The predicted molar refractivity (Wildman–Crippen MR) is 56.7 cm³/mol. The molecule has 1 aromatic carbocycles. The second kappa shape index (κ2) is 5.61. The van der Waals surface area contributed by atoms with Gasteiger partial charge in [-0.1, -0.05) is 24.6 Å².